The van der Waals surface area contributed by atoms with Crippen molar-refractivity contribution in [2.75, 3.05) is 0 Å². The van der Waals surface area contributed by atoms with Crippen molar-refractivity contribution < 1.29 is 14.8 Å². The minimum Gasteiger partial charge on any atom is -0.536 e. The molecule has 0 aliphatic carbocycles. The summed E-state index contributed by atoms with van der Waals surface area (Å²) < 4.78 is 4.77. The lowest BCUT2D eigenvalue weighted by molar-refractivity contribution is 0.408. The van der Waals surface area contributed by atoms with E-state index in [0.717, 1.165) is 5.56 Å². The van der Waals surface area contributed by atoms with E-state index in [9.17, 15) is 5.11 Å². The molecule has 58 valence electrons. The third-order valence-electron chi connectivity index (χ3n) is 1.40. The molecule has 11 heavy (non-hydrogen) atoms. The van der Waals surface area contributed by atoms with Crippen LogP contribution in [0.25, 0.3) is 0 Å². The van der Waals surface area contributed by atoms with Crippen molar-refractivity contribution in [1.29, 1.82) is 0 Å². The quantitative estimate of drug-likeness (QED) is 0.600. The zero-order valence-electron chi connectivity index (χ0n) is 6.24. The summed E-state index contributed by atoms with van der Waals surface area (Å²) in [4.78, 5) is 0. The summed E-state index contributed by atoms with van der Waals surface area (Å²) in [5.41, 5.74) is 0.805. The molecule has 0 saturated heterocycles. The van der Waals surface area contributed by atoms with Crippen LogP contribution in [-0.4, -0.2) is 17.8 Å². The van der Waals surface area contributed by atoms with Crippen LogP contribution < -0.4 is 4.65 Å². The molecular weight excluding hydrogens is 143 g/mol. The second kappa shape index (κ2) is 3.30. The predicted octanol–water partition coefficient (Wildman–Crippen LogP) is 0.338. The molecule has 0 unspecified atom stereocenters. The van der Waals surface area contributed by atoms with Crippen molar-refractivity contribution in [1.82, 2.24) is 0 Å². The summed E-state index contributed by atoms with van der Waals surface area (Å²) in [5.74, 6) is 0.397. The Bertz CT molecular complexity index is 229. The van der Waals surface area contributed by atoms with Gasteiger partial charge in [-0.1, -0.05) is 12.1 Å². The van der Waals surface area contributed by atoms with Crippen LogP contribution in [0.4, 0.5) is 0 Å². The van der Waals surface area contributed by atoms with Gasteiger partial charge in [-0.2, -0.15) is 0 Å². The van der Waals surface area contributed by atoms with Gasteiger partial charge in [-0.25, -0.2) is 0 Å². The van der Waals surface area contributed by atoms with E-state index in [1.165, 1.54) is 6.07 Å². The van der Waals surface area contributed by atoms with Gasteiger partial charge in [0.05, 0.1) is 0 Å². The Balaban J connectivity index is 3.00. The van der Waals surface area contributed by atoms with Crippen LogP contribution in [0.3, 0.4) is 0 Å². The summed E-state index contributed by atoms with van der Waals surface area (Å²) >= 11 is 0. The van der Waals surface area contributed by atoms with Crippen molar-refractivity contribution >= 4 is 7.69 Å². The largest absolute Gasteiger partial charge is 0.536 e. The van der Waals surface area contributed by atoms with E-state index in [1.807, 2.05) is 0 Å². The molecule has 0 amide bonds. The van der Waals surface area contributed by atoms with Crippen molar-refractivity contribution in [3.63, 3.8) is 0 Å². The number of benzene rings is 1. The maximum absolute atomic E-state index is 9.19. The van der Waals surface area contributed by atoms with E-state index in [2.05, 4.69) is 0 Å². The highest BCUT2D eigenvalue weighted by molar-refractivity contribution is 6.17. The molecule has 1 rings (SSSR count). The van der Waals surface area contributed by atoms with E-state index >= 15 is 0 Å². The molecule has 1 aromatic rings. The lowest BCUT2D eigenvalue weighted by atomic mass is 10.2. The monoisotopic (exact) mass is 152 g/mol. The zero-order chi connectivity index (χ0) is 8.27. The third-order valence-corrected chi connectivity index (χ3v) is 1.40. The fourth-order valence-electron chi connectivity index (χ4n) is 0.889. The molecule has 0 saturated carbocycles. The number of aromatic hydroxyl groups is 1. The highest BCUT2D eigenvalue weighted by Crippen LogP contribution is 2.28. The molecule has 2 N–H and O–H groups in total. The Morgan fingerprint density at radius 3 is 2.73 bits per heavy atom. The van der Waals surface area contributed by atoms with Gasteiger partial charge >= 0.3 is 7.69 Å². The van der Waals surface area contributed by atoms with Gasteiger partial charge in [0.25, 0.3) is 0 Å². The Hall–Kier alpha value is -1.16. The Kier molecular flexibility index (Phi) is 2.38. The fraction of sp³-hybridized carbons (Fsp3) is 0.143. The lowest BCUT2D eigenvalue weighted by Gasteiger charge is -2.06. The first-order valence-corrected chi connectivity index (χ1v) is 3.28. The molecule has 0 heterocycles. The molecule has 3 nitrogen and oxygen atoms in total. The minimum absolute atomic E-state index is 0.0547. The van der Waals surface area contributed by atoms with Crippen LogP contribution in [0.1, 0.15) is 5.56 Å². The predicted molar refractivity (Wildman–Crippen MR) is 42.8 cm³/mol. The molecule has 0 radical (unpaired) electrons. The topological polar surface area (TPSA) is 49.7 Å². The van der Waals surface area contributed by atoms with E-state index in [1.54, 1.807) is 19.1 Å². The van der Waals surface area contributed by atoms with Crippen LogP contribution in [0.5, 0.6) is 11.5 Å². The molecule has 0 fully saturated rings. The van der Waals surface area contributed by atoms with E-state index < -0.39 is 7.69 Å². The summed E-state index contributed by atoms with van der Waals surface area (Å²) in [5, 5.41) is 17.6. The van der Waals surface area contributed by atoms with E-state index in [-0.39, 0.29) is 5.75 Å². The standard InChI is InChI=1S/C7H9BO3/c1-5-3-2-4-6(9)7(5)11-8-10/h2-4,8-10H,1H3. The average molecular weight is 152 g/mol. The molecule has 0 bridgehead atoms. The van der Waals surface area contributed by atoms with Gasteiger partial charge in [0.2, 0.25) is 0 Å². The molecule has 1 aromatic carbocycles. The number of aryl methyl sites for hydroxylation is 1. The Morgan fingerprint density at radius 1 is 1.45 bits per heavy atom. The number of para-hydroxylation sites is 1. The van der Waals surface area contributed by atoms with Crippen LogP contribution in [0, 0.1) is 6.92 Å². The highest BCUT2D eigenvalue weighted by Gasteiger charge is 2.03. The van der Waals surface area contributed by atoms with Crippen LogP contribution in [-0.2, 0) is 0 Å². The maximum Gasteiger partial charge on any atom is 0.504 e. The average Bonchev–Trinajstić information content (AvgIpc) is 1.97. The van der Waals surface area contributed by atoms with E-state index in [4.69, 9.17) is 9.68 Å². The summed E-state index contributed by atoms with van der Waals surface area (Å²) in [6.07, 6.45) is 0. The van der Waals surface area contributed by atoms with Crippen LogP contribution in [0.15, 0.2) is 18.2 Å². The van der Waals surface area contributed by atoms with Crippen molar-refractivity contribution in [2.24, 2.45) is 0 Å². The summed E-state index contributed by atoms with van der Waals surface area (Å²) in [6.45, 7) is 1.80. The first kappa shape index (κ1) is 7.95. The zero-order valence-corrected chi connectivity index (χ0v) is 6.24. The molecular formula is C7H9BO3. The van der Waals surface area contributed by atoms with Crippen molar-refractivity contribution in [3.8, 4) is 11.5 Å². The highest BCUT2D eigenvalue weighted by atomic mass is 16.5. The van der Waals surface area contributed by atoms with Gasteiger partial charge in [0.15, 0.2) is 5.75 Å². The van der Waals surface area contributed by atoms with Gasteiger partial charge in [-0.05, 0) is 18.6 Å². The van der Waals surface area contributed by atoms with Crippen molar-refractivity contribution in [2.45, 2.75) is 6.92 Å². The van der Waals surface area contributed by atoms with Crippen LogP contribution in [0.2, 0.25) is 0 Å². The van der Waals surface area contributed by atoms with Gasteiger partial charge in [-0.15, -0.1) is 0 Å². The van der Waals surface area contributed by atoms with E-state index in [0.29, 0.717) is 5.75 Å². The second-order valence-corrected chi connectivity index (χ2v) is 2.20. The van der Waals surface area contributed by atoms with Gasteiger partial charge in [-0.3, -0.25) is 0 Å². The van der Waals surface area contributed by atoms with Gasteiger partial charge < -0.3 is 14.8 Å². The Morgan fingerprint density at radius 2 is 2.18 bits per heavy atom. The van der Waals surface area contributed by atoms with Gasteiger partial charge in [0.1, 0.15) is 5.75 Å². The molecule has 0 atom stereocenters. The van der Waals surface area contributed by atoms with Crippen molar-refractivity contribution in [3.05, 3.63) is 23.8 Å². The van der Waals surface area contributed by atoms with Gasteiger partial charge in [0, 0.05) is 0 Å². The second-order valence-electron chi connectivity index (χ2n) is 2.20. The maximum atomic E-state index is 9.19. The smallest absolute Gasteiger partial charge is 0.504 e. The molecule has 4 heteroatoms. The lowest BCUT2D eigenvalue weighted by Crippen LogP contribution is -2.01. The molecule has 0 aliphatic rings. The third kappa shape index (κ3) is 1.65. The molecule has 0 aromatic heterocycles. The number of rotatable bonds is 2. The first-order valence-electron chi connectivity index (χ1n) is 3.28. The summed E-state index contributed by atoms with van der Waals surface area (Å²) in [6, 6.07) is 5.03. The molecule has 0 spiro atoms. The number of phenolic OH excluding ortho intramolecular Hbond substituents is 1. The summed E-state index contributed by atoms with van der Waals surface area (Å²) in [7, 11) is -0.418. The number of phenols is 1. The SMILES string of the molecule is Cc1cccc(O)c1OBO. The first-order chi connectivity index (χ1) is 5.25. The van der Waals surface area contributed by atoms with Crippen LogP contribution >= 0.6 is 0 Å². The number of hydrogen-bond acceptors (Lipinski definition) is 3. The fourth-order valence-corrected chi connectivity index (χ4v) is 0.889. The Labute approximate surface area is 65.6 Å². The normalized spacial score (nSPS) is 9.27. The number of hydrogen-bond donors (Lipinski definition) is 2. The minimum atomic E-state index is -0.418. The molecule has 0 aliphatic heterocycles.